The van der Waals surface area contributed by atoms with E-state index in [1.165, 1.54) is 10.5 Å². The molecule has 2 N–H and O–H groups in total. The highest BCUT2D eigenvalue weighted by atomic mass is 32.2. The molecule has 1 aliphatic rings. The molecule has 1 aromatic heterocycles. The smallest absolute Gasteiger partial charge is 0.244 e. The highest BCUT2D eigenvalue weighted by molar-refractivity contribution is 7.89. The molecule has 1 saturated heterocycles. The van der Waals surface area contributed by atoms with Gasteiger partial charge in [-0.15, -0.1) is 0 Å². The lowest BCUT2D eigenvalue weighted by atomic mass is 10.2. The average Bonchev–Trinajstić information content (AvgIpc) is 2.59. The largest absolute Gasteiger partial charge is 0.368 e. The van der Waals surface area contributed by atoms with Crippen LogP contribution in [-0.4, -0.2) is 49.8 Å². The summed E-state index contributed by atoms with van der Waals surface area (Å²) in [5.41, 5.74) is 0. The molecular weight excluding hydrogens is 328 g/mol. The predicted octanol–water partition coefficient (Wildman–Crippen LogP) is 1.44. The molecule has 0 radical (unpaired) electrons. The molecule has 2 rings (SSSR count). The Morgan fingerprint density at radius 1 is 1.21 bits per heavy atom. The van der Waals surface area contributed by atoms with Gasteiger partial charge in [0.25, 0.3) is 0 Å². The van der Waals surface area contributed by atoms with Crippen LogP contribution in [0, 0.1) is 5.92 Å². The summed E-state index contributed by atoms with van der Waals surface area (Å²) in [5.74, 6) is 0.557. The van der Waals surface area contributed by atoms with Crippen molar-refractivity contribution in [1.82, 2.24) is 14.6 Å². The SMILES string of the molecule is CC(C)C(=O)NCCNc1ccc(S(=O)(=O)N2CCCCC2)cn1. The molecule has 0 bridgehead atoms. The van der Waals surface area contributed by atoms with Gasteiger partial charge in [-0.25, -0.2) is 13.4 Å². The van der Waals surface area contributed by atoms with Gasteiger partial charge >= 0.3 is 0 Å². The van der Waals surface area contributed by atoms with Crippen LogP contribution in [0.15, 0.2) is 23.2 Å². The molecule has 7 nitrogen and oxygen atoms in total. The van der Waals surface area contributed by atoms with Crippen LogP contribution in [0.25, 0.3) is 0 Å². The number of carbonyl (C=O) groups excluding carboxylic acids is 1. The van der Waals surface area contributed by atoms with Crippen molar-refractivity contribution in [2.75, 3.05) is 31.5 Å². The van der Waals surface area contributed by atoms with Crippen molar-refractivity contribution in [2.45, 2.75) is 38.0 Å². The van der Waals surface area contributed by atoms with Gasteiger partial charge in [0.05, 0.1) is 0 Å². The number of piperidine rings is 1. The molecule has 1 amide bonds. The van der Waals surface area contributed by atoms with Gasteiger partial charge in [-0.3, -0.25) is 4.79 Å². The van der Waals surface area contributed by atoms with Crippen LogP contribution in [0.2, 0.25) is 0 Å². The van der Waals surface area contributed by atoms with Crippen molar-refractivity contribution in [3.63, 3.8) is 0 Å². The number of hydrogen-bond acceptors (Lipinski definition) is 5. The zero-order valence-electron chi connectivity index (χ0n) is 14.3. The number of carbonyl (C=O) groups is 1. The summed E-state index contributed by atoms with van der Waals surface area (Å²) < 4.78 is 26.6. The first-order chi connectivity index (χ1) is 11.4. The third-order valence-electron chi connectivity index (χ3n) is 3.94. The monoisotopic (exact) mass is 354 g/mol. The third-order valence-corrected chi connectivity index (χ3v) is 5.83. The van der Waals surface area contributed by atoms with Crippen LogP contribution in [0.5, 0.6) is 0 Å². The second-order valence-corrected chi connectivity index (χ2v) is 8.15. The van der Waals surface area contributed by atoms with Crippen molar-refractivity contribution in [3.05, 3.63) is 18.3 Å². The van der Waals surface area contributed by atoms with Gasteiger partial charge < -0.3 is 10.6 Å². The number of anilines is 1. The Morgan fingerprint density at radius 2 is 1.92 bits per heavy atom. The lowest BCUT2D eigenvalue weighted by molar-refractivity contribution is -0.123. The second-order valence-electron chi connectivity index (χ2n) is 6.22. The molecule has 24 heavy (non-hydrogen) atoms. The molecule has 1 aliphatic heterocycles. The van der Waals surface area contributed by atoms with Crippen molar-refractivity contribution in [3.8, 4) is 0 Å². The quantitative estimate of drug-likeness (QED) is 0.723. The molecule has 0 atom stereocenters. The fraction of sp³-hybridized carbons (Fsp3) is 0.625. The topological polar surface area (TPSA) is 91.4 Å². The zero-order chi connectivity index (χ0) is 17.6. The molecule has 8 heteroatoms. The standard InChI is InChI=1S/C16H26N4O3S/c1-13(2)16(21)18-9-8-17-15-7-6-14(12-19-15)24(22,23)20-10-4-3-5-11-20/h6-7,12-13H,3-5,8-11H2,1-2H3,(H,17,19)(H,18,21). The van der Waals surface area contributed by atoms with Crippen molar-refractivity contribution >= 4 is 21.7 Å². The van der Waals surface area contributed by atoms with Crippen LogP contribution in [0.3, 0.4) is 0 Å². The first kappa shape index (κ1) is 18.7. The Labute approximate surface area is 143 Å². The van der Waals surface area contributed by atoms with E-state index in [4.69, 9.17) is 0 Å². The van der Waals surface area contributed by atoms with E-state index >= 15 is 0 Å². The van der Waals surface area contributed by atoms with Crippen LogP contribution >= 0.6 is 0 Å². The molecule has 134 valence electrons. The van der Waals surface area contributed by atoms with Gasteiger partial charge in [0.15, 0.2) is 0 Å². The maximum atomic E-state index is 12.5. The van der Waals surface area contributed by atoms with Crippen LogP contribution in [-0.2, 0) is 14.8 Å². The van der Waals surface area contributed by atoms with Gasteiger partial charge in [0, 0.05) is 38.3 Å². The van der Waals surface area contributed by atoms with E-state index in [-0.39, 0.29) is 16.7 Å². The fourth-order valence-corrected chi connectivity index (χ4v) is 3.94. The van der Waals surface area contributed by atoms with E-state index in [0.717, 1.165) is 19.3 Å². The molecular formula is C16H26N4O3S. The summed E-state index contributed by atoms with van der Waals surface area (Å²) in [6, 6.07) is 3.23. The summed E-state index contributed by atoms with van der Waals surface area (Å²) >= 11 is 0. The fourth-order valence-electron chi connectivity index (χ4n) is 2.47. The normalized spacial score (nSPS) is 16.1. The summed E-state index contributed by atoms with van der Waals surface area (Å²) in [5, 5.41) is 5.86. The highest BCUT2D eigenvalue weighted by Crippen LogP contribution is 2.20. The average molecular weight is 354 g/mol. The van der Waals surface area contributed by atoms with Crippen molar-refractivity contribution < 1.29 is 13.2 Å². The number of pyridine rings is 1. The van der Waals surface area contributed by atoms with E-state index < -0.39 is 10.0 Å². The predicted molar refractivity (Wildman–Crippen MR) is 93.2 cm³/mol. The number of aromatic nitrogens is 1. The highest BCUT2D eigenvalue weighted by Gasteiger charge is 2.26. The van der Waals surface area contributed by atoms with Gasteiger partial charge in [0.2, 0.25) is 15.9 Å². The second kappa shape index (κ2) is 8.43. The van der Waals surface area contributed by atoms with Crippen LogP contribution < -0.4 is 10.6 Å². The van der Waals surface area contributed by atoms with Crippen molar-refractivity contribution in [2.24, 2.45) is 5.92 Å². The van der Waals surface area contributed by atoms with Crippen molar-refractivity contribution in [1.29, 1.82) is 0 Å². The molecule has 2 heterocycles. The van der Waals surface area contributed by atoms with E-state index in [9.17, 15) is 13.2 Å². The molecule has 1 aromatic rings. The number of nitrogens with one attached hydrogen (secondary N) is 2. The maximum Gasteiger partial charge on any atom is 0.244 e. The van der Waals surface area contributed by atoms with Gasteiger partial charge in [-0.2, -0.15) is 4.31 Å². The molecule has 1 fully saturated rings. The van der Waals surface area contributed by atoms with Crippen LogP contribution in [0.1, 0.15) is 33.1 Å². The number of rotatable bonds is 7. The first-order valence-corrected chi connectivity index (χ1v) is 9.83. The molecule has 0 aliphatic carbocycles. The number of nitrogens with zero attached hydrogens (tertiary/aromatic N) is 2. The van der Waals surface area contributed by atoms with Gasteiger partial charge in [-0.1, -0.05) is 20.3 Å². The Hall–Kier alpha value is -1.67. The summed E-state index contributed by atoms with van der Waals surface area (Å²) in [7, 11) is -3.44. The zero-order valence-corrected chi connectivity index (χ0v) is 15.1. The van der Waals surface area contributed by atoms with E-state index in [1.54, 1.807) is 12.1 Å². The van der Waals surface area contributed by atoms with E-state index in [0.29, 0.717) is 32.0 Å². The first-order valence-electron chi connectivity index (χ1n) is 8.39. The van der Waals surface area contributed by atoms with E-state index in [2.05, 4.69) is 15.6 Å². The van der Waals surface area contributed by atoms with Crippen LogP contribution in [0.4, 0.5) is 5.82 Å². The summed E-state index contributed by atoms with van der Waals surface area (Å²) in [6.07, 6.45) is 4.29. The van der Waals surface area contributed by atoms with Gasteiger partial charge in [-0.05, 0) is 25.0 Å². The molecule has 0 spiro atoms. The summed E-state index contributed by atoms with van der Waals surface area (Å²) in [4.78, 5) is 15.8. The lowest BCUT2D eigenvalue weighted by Crippen LogP contribution is -2.35. The number of amides is 1. The Bertz CT molecular complexity index is 638. The number of sulfonamides is 1. The minimum atomic E-state index is -3.44. The molecule has 0 unspecified atom stereocenters. The number of hydrogen-bond donors (Lipinski definition) is 2. The molecule has 0 saturated carbocycles. The minimum Gasteiger partial charge on any atom is -0.368 e. The maximum absolute atomic E-state index is 12.5. The Morgan fingerprint density at radius 3 is 2.50 bits per heavy atom. The Balaban J connectivity index is 1.87. The molecule has 0 aromatic carbocycles. The van der Waals surface area contributed by atoms with E-state index in [1.807, 2.05) is 13.8 Å². The third kappa shape index (κ3) is 4.91. The minimum absolute atomic E-state index is 0.00716. The summed E-state index contributed by atoms with van der Waals surface area (Å²) in [6.45, 7) is 5.86. The Kier molecular flexibility index (Phi) is 6.56. The van der Waals surface area contributed by atoms with Gasteiger partial charge in [0.1, 0.15) is 10.7 Å². The lowest BCUT2D eigenvalue weighted by Gasteiger charge is -2.25.